The van der Waals surface area contributed by atoms with E-state index in [4.69, 9.17) is 0 Å². The van der Waals surface area contributed by atoms with E-state index in [1.54, 1.807) is 4.90 Å². The quantitative estimate of drug-likeness (QED) is 0.632. The molecule has 1 amide bonds. The maximum absolute atomic E-state index is 15.6. The van der Waals surface area contributed by atoms with Crippen LogP contribution in [0.2, 0.25) is 0 Å². The number of likely N-dealkylation sites (tertiary alicyclic amines) is 1. The Kier molecular flexibility index (Phi) is 7.22. The number of halogens is 4. The van der Waals surface area contributed by atoms with E-state index < -0.39 is 35.2 Å². The van der Waals surface area contributed by atoms with Gasteiger partial charge in [0, 0.05) is 57.4 Å². The van der Waals surface area contributed by atoms with Crippen LogP contribution in [0, 0.1) is 5.92 Å². The van der Waals surface area contributed by atoms with Gasteiger partial charge in [-0.3, -0.25) is 14.5 Å². The molecule has 2 saturated heterocycles. The number of piperidine rings is 1. The van der Waals surface area contributed by atoms with E-state index >= 15 is 4.39 Å². The molecule has 3 rings (SSSR count). The minimum absolute atomic E-state index is 0.0256. The third kappa shape index (κ3) is 5.64. The zero-order chi connectivity index (χ0) is 25.5. The fourth-order valence-electron chi connectivity index (χ4n) is 4.72. The minimum atomic E-state index is -4.54. The number of rotatable bonds is 5. The van der Waals surface area contributed by atoms with Crippen molar-refractivity contribution in [1.82, 2.24) is 9.80 Å². The Morgan fingerprint density at radius 2 is 1.76 bits per heavy atom. The number of carbonyl (C=O) groups is 2. The first-order valence-electron chi connectivity index (χ1n) is 11.5. The van der Waals surface area contributed by atoms with Crippen molar-refractivity contribution in [3.63, 3.8) is 0 Å². The Bertz CT molecular complexity index is 923. The lowest BCUT2D eigenvalue weighted by atomic mass is 9.95. The third-order valence-electron chi connectivity index (χ3n) is 6.90. The van der Waals surface area contributed by atoms with E-state index in [1.165, 1.54) is 18.0 Å². The van der Waals surface area contributed by atoms with E-state index in [2.05, 4.69) is 0 Å². The van der Waals surface area contributed by atoms with Crippen molar-refractivity contribution >= 4 is 17.6 Å². The highest BCUT2D eigenvalue weighted by Gasteiger charge is 2.49. The number of hydrogen-bond acceptors (Lipinski definition) is 4. The highest BCUT2D eigenvalue weighted by atomic mass is 19.4. The molecule has 0 unspecified atom stereocenters. The second-order valence-electron chi connectivity index (χ2n) is 10.4. The van der Waals surface area contributed by atoms with Gasteiger partial charge in [-0.2, -0.15) is 13.2 Å². The monoisotopic (exact) mass is 487 g/mol. The van der Waals surface area contributed by atoms with Gasteiger partial charge >= 0.3 is 12.1 Å². The first-order valence-corrected chi connectivity index (χ1v) is 11.5. The van der Waals surface area contributed by atoms with Crippen LogP contribution in [0.1, 0.15) is 51.2 Å². The first kappa shape index (κ1) is 26.2. The topological polar surface area (TPSA) is 64.1 Å². The predicted octanol–water partition coefficient (Wildman–Crippen LogP) is 4.18. The van der Waals surface area contributed by atoms with Crippen molar-refractivity contribution in [3.05, 3.63) is 29.3 Å². The number of carbonyl (C=O) groups excluding carboxylic acids is 1. The van der Waals surface area contributed by atoms with Crippen molar-refractivity contribution in [1.29, 1.82) is 0 Å². The summed E-state index contributed by atoms with van der Waals surface area (Å²) in [6, 6.07) is 3.33. The van der Waals surface area contributed by atoms with Gasteiger partial charge in [-0.1, -0.05) is 6.07 Å². The molecular weight excluding hydrogens is 454 g/mol. The van der Waals surface area contributed by atoms with Crippen LogP contribution in [0.25, 0.3) is 0 Å². The summed E-state index contributed by atoms with van der Waals surface area (Å²) >= 11 is 0. The Labute approximate surface area is 197 Å². The van der Waals surface area contributed by atoms with Crippen molar-refractivity contribution in [2.24, 2.45) is 5.92 Å². The summed E-state index contributed by atoms with van der Waals surface area (Å²) in [6.07, 6.45) is -3.85. The summed E-state index contributed by atoms with van der Waals surface area (Å²) in [5.41, 5.74) is -2.39. The number of aliphatic carboxylic acids is 1. The zero-order valence-corrected chi connectivity index (χ0v) is 20.1. The lowest BCUT2D eigenvalue weighted by Gasteiger charge is -2.35. The van der Waals surface area contributed by atoms with Crippen LogP contribution in [0.4, 0.5) is 23.2 Å². The van der Waals surface area contributed by atoms with Gasteiger partial charge in [0.1, 0.15) is 0 Å². The highest BCUT2D eigenvalue weighted by molar-refractivity contribution is 5.86. The standard InChI is InChI=1S/C24H33F4N3O3/c1-22(2,3)31-12-9-23(25,15-31)21(34)29(4)14-17-5-6-18(24(26,27)28)13-19(17)30-10-7-16(8-11-30)20(32)33/h5-6,13,16H,7-12,14-15H2,1-4H3,(H,32,33)/t23-/m1/s1. The van der Waals surface area contributed by atoms with Crippen LogP contribution >= 0.6 is 0 Å². The Morgan fingerprint density at radius 3 is 2.26 bits per heavy atom. The van der Waals surface area contributed by atoms with Crippen LogP contribution in [0.15, 0.2) is 18.2 Å². The molecule has 0 saturated carbocycles. The highest BCUT2D eigenvalue weighted by Crippen LogP contribution is 2.37. The van der Waals surface area contributed by atoms with Gasteiger partial charge in [-0.25, -0.2) is 4.39 Å². The van der Waals surface area contributed by atoms with Crippen LogP contribution < -0.4 is 4.90 Å². The van der Waals surface area contributed by atoms with E-state index in [1.807, 2.05) is 25.7 Å². The molecule has 1 N–H and O–H groups in total. The smallest absolute Gasteiger partial charge is 0.416 e. The average molecular weight is 488 g/mol. The van der Waals surface area contributed by atoms with E-state index in [-0.39, 0.29) is 38.1 Å². The van der Waals surface area contributed by atoms with E-state index in [0.717, 1.165) is 12.1 Å². The van der Waals surface area contributed by atoms with Crippen LogP contribution in [0.5, 0.6) is 0 Å². The molecule has 0 spiro atoms. The number of carboxylic acids is 1. The maximum Gasteiger partial charge on any atom is 0.416 e. The van der Waals surface area contributed by atoms with Gasteiger partial charge < -0.3 is 14.9 Å². The largest absolute Gasteiger partial charge is 0.481 e. The van der Waals surface area contributed by atoms with Gasteiger partial charge in [0.25, 0.3) is 5.91 Å². The van der Waals surface area contributed by atoms with Gasteiger partial charge in [0.15, 0.2) is 0 Å². The molecule has 0 radical (unpaired) electrons. The number of carboxylic acid groups (broad SMARTS) is 1. The molecule has 0 aliphatic carbocycles. The Morgan fingerprint density at radius 1 is 1.15 bits per heavy atom. The fourth-order valence-corrected chi connectivity index (χ4v) is 4.72. The third-order valence-corrected chi connectivity index (χ3v) is 6.90. The number of benzene rings is 1. The molecule has 1 aromatic carbocycles. The number of nitrogens with zero attached hydrogens (tertiary/aromatic N) is 3. The Balaban J connectivity index is 1.82. The van der Waals surface area contributed by atoms with Crippen LogP contribution in [0.3, 0.4) is 0 Å². The van der Waals surface area contributed by atoms with Crippen LogP contribution in [-0.2, 0) is 22.3 Å². The lowest BCUT2D eigenvalue weighted by Crippen LogP contribution is -2.48. The molecule has 1 aromatic rings. The summed E-state index contributed by atoms with van der Waals surface area (Å²) in [5, 5.41) is 9.23. The summed E-state index contributed by atoms with van der Waals surface area (Å²) in [6.45, 7) is 6.81. The molecule has 2 heterocycles. The summed E-state index contributed by atoms with van der Waals surface area (Å²) in [7, 11) is 1.46. The molecule has 1 atom stereocenters. The molecule has 0 bridgehead atoms. The van der Waals surface area contributed by atoms with E-state index in [0.29, 0.717) is 30.6 Å². The van der Waals surface area contributed by atoms with Crippen molar-refractivity contribution < 1.29 is 32.3 Å². The number of amides is 1. The number of hydrogen-bond donors (Lipinski definition) is 1. The van der Waals surface area contributed by atoms with Crippen molar-refractivity contribution in [3.8, 4) is 0 Å². The lowest BCUT2D eigenvalue weighted by molar-refractivity contribution is -0.143. The summed E-state index contributed by atoms with van der Waals surface area (Å²) < 4.78 is 55.8. The molecule has 2 aliphatic heterocycles. The van der Waals surface area contributed by atoms with Crippen molar-refractivity contribution in [2.75, 3.05) is 38.1 Å². The normalized spacial score (nSPS) is 22.8. The summed E-state index contributed by atoms with van der Waals surface area (Å²) in [5.74, 6) is -2.13. The molecule has 190 valence electrons. The molecule has 10 heteroatoms. The Hall–Kier alpha value is -2.36. The molecular formula is C24H33F4N3O3. The predicted molar refractivity (Wildman–Crippen MR) is 120 cm³/mol. The zero-order valence-electron chi connectivity index (χ0n) is 20.1. The molecule has 2 fully saturated rings. The molecule has 2 aliphatic rings. The molecule has 6 nitrogen and oxygen atoms in total. The van der Waals surface area contributed by atoms with Crippen molar-refractivity contribution in [2.45, 2.75) is 64.0 Å². The SMILES string of the molecule is CN(Cc1ccc(C(F)(F)F)cc1N1CCC(C(=O)O)CC1)C(=O)[C@@]1(F)CCN(C(C)(C)C)C1. The van der Waals surface area contributed by atoms with Gasteiger partial charge in [-0.05, 0) is 51.3 Å². The average Bonchev–Trinajstić information content (AvgIpc) is 3.16. The van der Waals surface area contributed by atoms with Crippen LogP contribution in [-0.4, -0.2) is 71.2 Å². The van der Waals surface area contributed by atoms with Gasteiger partial charge in [-0.15, -0.1) is 0 Å². The second kappa shape index (κ2) is 9.36. The molecule has 0 aromatic heterocycles. The second-order valence-corrected chi connectivity index (χ2v) is 10.4. The number of anilines is 1. The van der Waals surface area contributed by atoms with Gasteiger partial charge in [0.2, 0.25) is 5.67 Å². The molecule has 34 heavy (non-hydrogen) atoms. The van der Waals surface area contributed by atoms with Gasteiger partial charge in [0.05, 0.1) is 11.5 Å². The summed E-state index contributed by atoms with van der Waals surface area (Å²) in [4.78, 5) is 29.2. The number of alkyl halides is 4. The minimum Gasteiger partial charge on any atom is -0.481 e. The first-order chi connectivity index (χ1) is 15.6. The van der Waals surface area contributed by atoms with E-state index in [9.17, 15) is 27.9 Å². The maximum atomic E-state index is 15.6. The fraction of sp³-hybridized carbons (Fsp3) is 0.667.